The predicted octanol–water partition coefficient (Wildman–Crippen LogP) is 3.58. The summed E-state index contributed by atoms with van der Waals surface area (Å²) in [5, 5.41) is 9.17. The Hall–Kier alpha value is -1.83. The minimum atomic E-state index is -0.168. The second-order valence-corrected chi connectivity index (χ2v) is 4.34. The molecule has 0 radical (unpaired) electrons. The zero-order valence-electron chi connectivity index (χ0n) is 10.1. The van der Waals surface area contributed by atoms with Crippen molar-refractivity contribution in [3.05, 3.63) is 48.6 Å². The topological polar surface area (TPSA) is 37.3 Å². The lowest BCUT2D eigenvalue weighted by Crippen LogP contribution is -2.08. The monoisotopic (exact) mass is 230 g/mol. The van der Waals surface area contributed by atoms with E-state index in [2.05, 4.69) is 6.58 Å². The molecular weight excluding hydrogens is 212 g/mol. The molecule has 0 amide bonds. The van der Waals surface area contributed by atoms with Gasteiger partial charge in [0.1, 0.15) is 12.0 Å². The molecule has 0 fully saturated rings. The zero-order chi connectivity index (χ0) is 12.7. The molecule has 0 heterocycles. The Labute approximate surface area is 102 Å². The molecule has 1 atom stereocenters. The summed E-state index contributed by atoms with van der Waals surface area (Å²) in [5.74, 6) is 0.259. The number of benzene rings is 1. The van der Waals surface area contributed by atoms with Crippen molar-refractivity contribution in [1.29, 1.82) is 0 Å². The number of phenols is 1. The number of aromatic hydroxyl groups is 1. The first kappa shape index (κ1) is 13.2. The fourth-order valence-electron chi connectivity index (χ4n) is 1.50. The van der Waals surface area contributed by atoms with Crippen molar-refractivity contribution in [2.24, 2.45) is 5.41 Å². The van der Waals surface area contributed by atoms with E-state index in [1.165, 1.54) is 0 Å². The lowest BCUT2D eigenvalue weighted by Gasteiger charge is -2.19. The fourth-order valence-corrected chi connectivity index (χ4v) is 1.50. The van der Waals surface area contributed by atoms with Gasteiger partial charge in [0, 0.05) is 11.8 Å². The molecular formula is C15H18O2. The van der Waals surface area contributed by atoms with Crippen molar-refractivity contribution in [3.63, 3.8) is 0 Å². The lowest BCUT2D eigenvalue weighted by atomic mass is 9.85. The van der Waals surface area contributed by atoms with Crippen LogP contribution < -0.4 is 0 Å². The van der Waals surface area contributed by atoms with Gasteiger partial charge in [-0.05, 0) is 24.1 Å². The van der Waals surface area contributed by atoms with E-state index in [1.807, 2.05) is 37.3 Å². The average Bonchev–Trinajstić information content (AvgIpc) is 2.36. The van der Waals surface area contributed by atoms with Gasteiger partial charge in [-0.25, -0.2) is 0 Å². The Balaban J connectivity index is 2.76. The van der Waals surface area contributed by atoms with Crippen molar-refractivity contribution in [2.75, 3.05) is 0 Å². The Bertz CT molecular complexity index is 403. The molecule has 0 aliphatic carbocycles. The van der Waals surface area contributed by atoms with Crippen molar-refractivity contribution >= 4 is 12.4 Å². The summed E-state index contributed by atoms with van der Waals surface area (Å²) in [7, 11) is 0. The van der Waals surface area contributed by atoms with Crippen LogP contribution in [0.25, 0.3) is 6.08 Å². The third-order valence-electron chi connectivity index (χ3n) is 2.82. The first-order chi connectivity index (χ1) is 8.09. The van der Waals surface area contributed by atoms with Gasteiger partial charge in [-0.2, -0.15) is 0 Å². The highest BCUT2D eigenvalue weighted by atomic mass is 16.3. The molecule has 1 N–H and O–H groups in total. The number of aldehydes is 1. The highest BCUT2D eigenvalue weighted by Crippen LogP contribution is 2.27. The van der Waals surface area contributed by atoms with Crippen LogP contribution in [0.3, 0.4) is 0 Å². The maximum Gasteiger partial charge on any atom is 0.120 e. The summed E-state index contributed by atoms with van der Waals surface area (Å²) in [4.78, 5) is 10.4. The molecule has 0 saturated carbocycles. The van der Waals surface area contributed by atoms with Crippen LogP contribution in [0.2, 0.25) is 0 Å². The Morgan fingerprint density at radius 3 is 2.53 bits per heavy atom. The van der Waals surface area contributed by atoms with Crippen LogP contribution in [0.5, 0.6) is 5.75 Å². The average molecular weight is 230 g/mol. The minimum absolute atomic E-state index is 0.168. The second-order valence-electron chi connectivity index (χ2n) is 4.34. The van der Waals surface area contributed by atoms with E-state index in [-0.39, 0.29) is 11.2 Å². The van der Waals surface area contributed by atoms with Gasteiger partial charge in [0.15, 0.2) is 0 Å². The minimum Gasteiger partial charge on any atom is -0.508 e. The molecule has 0 saturated heterocycles. The normalized spacial score (nSPS) is 14.4. The number of hydrogen-bond donors (Lipinski definition) is 1. The maximum absolute atomic E-state index is 10.4. The van der Waals surface area contributed by atoms with E-state index in [4.69, 9.17) is 5.11 Å². The Kier molecular flexibility index (Phi) is 4.70. The smallest absolute Gasteiger partial charge is 0.120 e. The fraction of sp³-hybridized carbons (Fsp3) is 0.267. The second kappa shape index (κ2) is 6.04. The van der Waals surface area contributed by atoms with Crippen molar-refractivity contribution in [3.8, 4) is 5.75 Å². The quantitative estimate of drug-likeness (QED) is 0.599. The third-order valence-corrected chi connectivity index (χ3v) is 2.82. The molecule has 0 aliphatic rings. The summed E-state index contributed by atoms with van der Waals surface area (Å²) in [6, 6.07) is 6.98. The van der Waals surface area contributed by atoms with E-state index in [9.17, 15) is 4.79 Å². The highest BCUT2D eigenvalue weighted by Gasteiger charge is 2.15. The molecule has 1 aromatic rings. The molecule has 1 aromatic carbocycles. The molecule has 2 heteroatoms. The van der Waals surface area contributed by atoms with Crippen LogP contribution in [0.4, 0.5) is 0 Å². The first-order valence-corrected chi connectivity index (χ1v) is 5.65. The van der Waals surface area contributed by atoms with Gasteiger partial charge in [0.05, 0.1) is 0 Å². The summed E-state index contributed by atoms with van der Waals surface area (Å²) in [6.45, 7) is 5.85. The van der Waals surface area contributed by atoms with Crippen LogP contribution >= 0.6 is 0 Å². The Morgan fingerprint density at radius 2 is 2.00 bits per heavy atom. The van der Waals surface area contributed by atoms with Gasteiger partial charge in [0.2, 0.25) is 0 Å². The third kappa shape index (κ3) is 4.27. The molecule has 0 bridgehead atoms. The molecule has 17 heavy (non-hydrogen) atoms. The Morgan fingerprint density at radius 1 is 1.35 bits per heavy atom. The summed E-state index contributed by atoms with van der Waals surface area (Å²) in [6.07, 6.45) is 8.09. The number of carbonyl (C=O) groups excluding carboxylic acids is 1. The SMILES string of the molecule is C=C[C@@](C)(/C=C/c1ccc(O)cc1)CCC=O. The molecule has 0 spiro atoms. The number of phenolic OH excluding ortho intramolecular Hbond substituents is 1. The molecule has 0 unspecified atom stereocenters. The van der Waals surface area contributed by atoms with Gasteiger partial charge < -0.3 is 9.90 Å². The first-order valence-electron chi connectivity index (χ1n) is 5.65. The van der Waals surface area contributed by atoms with Crippen LogP contribution in [-0.4, -0.2) is 11.4 Å². The van der Waals surface area contributed by atoms with E-state index in [0.717, 1.165) is 18.3 Å². The van der Waals surface area contributed by atoms with Gasteiger partial charge in [-0.15, -0.1) is 6.58 Å². The molecule has 0 aromatic heterocycles. The number of rotatable bonds is 6. The number of carbonyl (C=O) groups is 1. The van der Waals surface area contributed by atoms with E-state index >= 15 is 0 Å². The summed E-state index contributed by atoms with van der Waals surface area (Å²) >= 11 is 0. The number of allylic oxidation sites excluding steroid dienone is 2. The molecule has 0 aliphatic heterocycles. The van der Waals surface area contributed by atoms with Crippen molar-refractivity contribution in [1.82, 2.24) is 0 Å². The standard InChI is InChI=1S/C15H18O2/c1-3-15(2,10-4-12-16)11-9-13-5-7-14(17)8-6-13/h3,5-9,11-12,17H,1,4,10H2,2H3/b11-9+/t15-/m1/s1. The lowest BCUT2D eigenvalue weighted by molar-refractivity contribution is -0.108. The molecule has 2 nitrogen and oxygen atoms in total. The highest BCUT2D eigenvalue weighted by molar-refractivity contribution is 5.53. The van der Waals surface area contributed by atoms with Crippen LogP contribution in [-0.2, 0) is 4.79 Å². The van der Waals surface area contributed by atoms with Crippen molar-refractivity contribution in [2.45, 2.75) is 19.8 Å². The largest absolute Gasteiger partial charge is 0.508 e. The van der Waals surface area contributed by atoms with Gasteiger partial charge in [0.25, 0.3) is 0 Å². The van der Waals surface area contributed by atoms with E-state index < -0.39 is 0 Å². The van der Waals surface area contributed by atoms with Crippen LogP contribution in [0, 0.1) is 5.41 Å². The number of hydrogen-bond acceptors (Lipinski definition) is 2. The van der Waals surface area contributed by atoms with Gasteiger partial charge in [-0.3, -0.25) is 0 Å². The molecule has 1 rings (SSSR count). The van der Waals surface area contributed by atoms with E-state index in [0.29, 0.717) is 6.42 Å². The summed E-state index contributed by atoms with van der Waals surface area (Å²) in [5.41, 5.74) is 0.848. The summed E-state index contributed by atoms with van der Waals surface area (Å²) < 4.78 is 0. The maximum atomic E-state index is 10.4. The van der Waals surface area contributed by atoms with Gasteiger partial charge in [-0.1, -0.05) is 37.3 Å². The van der Waals surface area contributed by atoms with Crippen LogP contribution in [0.15, 0.2) is 43.0 Å². The zero-order valence-corrected chi connectivity index (χ0v) is 10.1. The van der Waals surface area contributed by atoms with E-state index in [1.54, 1.807) is 12.1 Å². The van der Waals surface area contributed by atoms with Gasteiger partial charge >= 0.3 is 0 Å². The predicted molar refractivity (Wildman–Crippen MR) is 70.7 cm³/mol. The van der Waals surface area contributed by atoms with Crippen molar-refractivity contribution < 1.29 is 9.90 Å². The molecule has 90 valence electrons. The van der Waals surface area contributed by atoms with Crippen LogP contribution in [0.1, 0.15) is 25.3 Å².